The number of rotatable bonds is 7. The molecule has 0 spiro atoms. The van der Waals surface area contributed by atoms with Crippen LogP contribution in [0.4, 0.5) is 0 Å². The van der Waals surface area contributed by atoms with Crippen molar-refractivity contribution in [3.8, 4) is 5.75 Å². The van der Waals surface area contributed by atoms with Crippen LogP contribution < -0.4 is 10.1 Å². The van der Waals surface area contributed by atoms with Crippen molar-refractivity contribution in [3.05, 3.63) is 40.0 Å². The number of likely N-dealkylation sites (N-methyl/N-ethyl adjacent to an activating group) is 1. The zero-order chi connectivity index (χ0) is 15.0. The van der Waals surface area contributed by atoms with E-state index in [0.717, 1.165) is 5.75 Å². The summed E-state index contributed by atoms with van der Waals surface area (Å²) < 4.78 is 6.87. The highest BCUT2D eigenvalue weighted by molar-refractivity contribution is 14.1. The van der Waals surface area contributed by atoms with E-state index >= 15 is 0 Å². The lowest BCUT2D eigenvalue weighted by atomic mass is 10.3. The Bertz CT molecular complexity index is 444. The first kappa shape index (κ1) is 17.0. The minimum atomic E-state index is -0.00501. The molecule has 1 rings (SSSR count). The van der Waals surface area contributed by atoms with Gasteiger partial charge >= 0.3 is 0 Å². The first-order valence-corrected chi connectivity index (χ1v) is 7.56. The summed E-state index contributed by atoms with van der Waals surface area (Å²) in [6, 6.07) is 8.18. The summed E-state index contributed by atoms with van der Waals surface area (Å²) in [7, 11) is 3.47. The first-order chi connectivity index (χ1) is 9.49. The zero-order valence-electron chi connectivity index (χ0n) is 12.1. The monoisotopic (exact) mass is 388 g/mol. The molecule has 0 saturated heterocycles. The van der Waals surface area contributed by atoms with Crippen LogP contribution in [0, 0.1) is 3.57 Å². The normalized spacial score (nSPS) is 12.4. The molecule has 1 amide bonds. The maximum absolute atomic E-state index is 11.3. The fraction of sp³-hybridized carbons (Fsp3) is 0.400. The minimum Gasteiger partial charge on any atom is -0.492 e. The molecular formula is C15H21IN2O2. The van der Waals surface area contributed by atoms with E-state index in [-0.39, 0.29) is 11.9 Å². The number of halogens is 1. The average Bonchev–Trinajstić information content (AvgIpc) is 2.42. The van der Waals surface area contributed by atoms with E-state index in [1.807, 2.05) is 37.3 Å². The van der Waals surface area contributed by atoms with E-state index in [1.54, 1.807) is 25.1 Å². The second-order valence-electron chi connectivity index (χ2n) is 4.71. The van der Waals surface area contributed by atoms with Crippen molar-refractivity contribution in [2.24, 2.45) is 0 Å². The predicted molar refractivity (Wildman–Crippen MR) is 90.0 cm³/mol. The van der Waals surface area contributed by atoms with E-state index in [0.29, 0.717) is 13.2 Å². The Morgan fingerprint density at radius 2 is 2.05 bits per heavy atom. The molecule has 4 nitrogen and oxygen atoms in total. The van der Waals surface area contributed by atoms with Crippen LogP contribution in [0.25, 0.3) is 0 Å². The van der Waals surface area contributed by atoms with Gasteiger partial charge in [-0.2, -0.15) is 0 Å². The van der Waals surface area contributed by atoms with Gasteiger partial charge in [-0.15, -0.1) is 0 Å². The van der Waals surface area contributed by atoms with Crippen LogP contribution in [0.1, 0.15) is 6.92 Å². The van der Waals surface area contributed by atoms with Crippen molar-refractivity contribution >= 4 is 28.5 Å². The number of hydrogen-bond acceptors (Lipinski definition) is 3. The molecule has 5 heteroatoms. The quantitative estimate of drug-likeness (QED) is 0.576. The number of hydrogen-bond donors (Lipinski definition) is 1. The number of ether oxygens (including phenoxy) is 1. The Balaban J connectivity index is 2.22. The molecule has 0 aromatic heterocycles. The van der Waals surface area contributed by atoms with Gasteiger partial charge in [-0.1, -0.05) is 6.08 Å². The molecule has 1 aromatic carbocycles. The highest BCUT2D eigenvalue weighted by Gasteiger charge is 2.02. The molecule has 0 heterocycles. The predicted octanol–water partition coefficient (Wildman–Crippen LogP) is 2.29. The third-order valence-electron chi connectivity index (χ3n) is 2.60. The Kier molecular flexibility index (Phi) is 7.61. The van der Waals surface area contributed by atoms with Crippen LogP contribution in [0.3, 0.4) is 0 Å². The summed E-state index contributed by atoms with van der Waals surface area (Å²) in [5.41, 5.74) is 0. The molecule has 110 valence electrons. The van der Waals surface area contributed by atoms with Gasteiger partial charge in [0, 0.05) is 36.3 Å². The van der Waals surface area contributed by atoms with Crippen LogP contribution in [-0.4, -0.2) is 44.1 Å². The van der Waals surface area contributed by atoms with Gasteiger partial charge in [0.25, 0.3) is 0 Å². The SMILES string of the molecule is CC(COc1ccc(I)cc1)NC/C=C/C(=O)N(C)C. The topological polar surface area (TPSA) is 41.6 Å². The summed E-state index contributed by atoms with van der Waals surface area (Å²) in [6.07, 6.45) is 3.39. The van der Waals surface area contributed by atoms with Gasteiger partial charge in [-0.3, -0.25) is 4.79 Å². The summed E-state index contributed by atoms with van der Waals surface area (Å²) in [6.45, 7) is 3.29. The second kappa shape index (κ2) is 8.97. The standard InChI is InChI=1S/C15H21IN2O2/c1-12(17-10-4-5-15(19)18(2)3)11-20-14-8-6-13(16)7-9-14/h4-9,12,17H,10-11H2,1-3H3/b5-4+. The number of nitrogens with zero attached hydrogens (tertiary/aromatic N) is 1. The van der Waals surface area contributed by atoms with E-state index in [4.69, 9.17) is 4.74 Å². The molecule has 1 atom stereocenters. The van der Waals surface area contributed by atoms with Gasteiger partial charge in [-0.25, -0.2) is 0 Å². The van der Waals surface area contributed by atoms with Crippen molar-refractivity contribution in [1.82, 2.24) is 10.2 Å². The summed E-state index contributed by atoms with van der Waals surface area (Å²) >= 11 is 2.26. The fourth-order valence-corrected chi connectivity index (χ4v) is 1.75. The lowest BCUT2D eigenvalue weighted by molar-refractivity contribution is -0.123. The molecule has 0 fully saturated rings. The van der Waals surface area contributed by atoms with Gasteiger partial charge in [-0.05, 0) is 53.8 Å². The molecule has 1 unspecified atom stereocenters. The largest absolute Gasteiger partial charge is 0.492 e. The van der Waals surface area contributed by atoms with Gasteiger partial charge < -0.3 is 15.0 Å². The third-order valence-corrected chi connectivity index (χ3v) is 3.32. The van der Waals surface area contributed by atoms with Gasteiger partial charge in [0.05, 0.1) is 0 Å². The Morgan fingerprint density at radius 1 is 1.40 bits per heavy atom. The van der Waals surface area contributed by atoms with Crippen molar-refractivity contribution in [1.29, 1.82) is 0 Å². The molecular weight excluding hydrogens is 367 g/mol. The Hall–Kier alpha value is -1.08. The molecule has 0 bridgehead atoms. The molecule has 0 aliphatic heterocycles. The highest BCUT2D eigenvalue weighted by atomic mass is 127. The number of benzene rings is 1. The van der Waals surface area contributed by atoms with Crippen molar-refractivity contribution in [2.45, 2.75) is 13.0 Å². The lowest BCUT2D eigenvalue weighted by Crippen LogP contribution is -2.32. The van der Waals surface area contributed by atoms with Crippen molar-refractivity contribution < 1.29 is 9.53 Å². The van der Waals surface area contributed by atoms with Crippen molar-refractivity contribution in [2.75, 3.05) is 27.2 Å². The maximum Gasteiger partial charge on any atom is 0.245 e. The maximum atomic E-state index is 11.3. The van der Waals surface area contributed by atoms with Crippen LogP contribution in [-0.2, 0) is 4.79 Å². The average molecular weight is 388 g/mol. The van der Waals surface area contributed by atoms with Crippen LogP contribution in [0.2, 0.25) is 0 Å². The smallest absolute Gasteiger partial charge is 0.245 e. The van der Waals surface area contributed by atoms with E-state index < -0.39 is 0 Å². The van der Waals surface area contributed by atoms with Gasteiger partial charge in [0.2, 0.25) is 5.91 Å². The molecule has 0 aliphatic rings. The summed E-state index contributed by atoms with van der Waals surface area (Å²) in [4.78, 5) is 12.9. The van der Waals surface area contributed by atoms with Gasteiger partial charge in [0.1, 0.15) is 12.4 Å². The lowest BCUT2D eigenvalue weighted by Gasteiger charge is -2.14. The van der Waals surface area contributed by atoms with E-state index in [1.165, 1.54) is 3.57 Å². The van der Waals surface area contributed by atoms with Crippen LogP contribution in [0.15, 0.2) is 36.4 Å². The van der Waals surface area contributed by atoms with E-state index in [2.05, 4.69) is 27.9 Å². The number of amides is 1. The third kappa shape index (κ3) is 6.91. The molecule has 1 aromatic rings. The molecule has 20 heavy (non-hydrogen) atoms. The van der Waals surface area contributed by atoms with Crippen molar-refractivity contribution in [3.63, 3.8) is 0 Å². The van der Waals surface area contributed by atoms with Crippen LogP contribution in [0.5, 0.6) is 5.75 Å². The summed E-state index contributed by atoms with van der Waals surface area (Å²) in [5.74, 6) is 0.868. The highest BCUT2D eigenvalue weighted by Crippen LogP contribution is 2.13. The Morgan fingerprint density at radius 3 is 2.65 bits per heavy atom. The zero-order valence-corrected chi connectivity index (χ0v) is 14.3. The first-order valence-electron chi connectivity index (χ1n) is 6.48. The number of nitrogens with one attached hydrogen (secondary N) is 1. The molecule has 0 aliphatic carbocycles. The van der Waals surface area contributed by atoms with Gasteiger partial charge in [0.15, 0.2) is 0 Å². The Labute approximate surface area is 134 Å². The molecule has 1 N–H and O–H groups in total. The van der Waals surface area contributed by atoms with E-state index in [9.17, 15) is 4.79 Å². The summed E-state index contributed by atoms with van der Waals surface area (Å²) in [5, 5.41) is 3.27. The second-order valence-corrected chi connectivity index (χ2v) is 5.95. The minimum absolute atomic E-state index is 0.00501. The molecule has 0 radical (unpaired) electrons. The van der Waals surface area contributed by atoms with Crippen LogP contribution >= 0.6 is 22.6 Å². The number of carbonyl (C=O) groups is 1. The molecule has 0 saturated carbocycles. The fourth-order valence-electron chi connectivity index (χ4n) is 1.39. The number of carbonyl (C=O) groups excluding carboxylic acids is 1.